The Bertz CT molecular complexity index is 1040. The molecule has 3 aromatic rings. The van der Waals surface area contributed by atoms with Crippen molar-refractivity contribution in [1.82, 2.24) is 0 Å². The molecule has 0 spiro atoms. The molecule has 3 aromatic carbocycles. The average Bonchev–Trinajstić information content (AvgIpc) is 2.87. The molecule has 35 heavy (non-hydrogen) atoms. The van der Waals surface area contributed by atoms with Crippen molar-refractivity contribution in [1.29, 1.82) is 0 Å². The van der Waals surface area contributed by atoms with Gasteiger partial charge in [0.1, 0.15) is 24.9 Å². The van der Waals surface area contributed by atoms with Gasteiger partial charge < -0.3 is 23.7 Å². The van der Waals surface area contributed by atoms with E-state index < -0.39 is 22.4 Å². The standard InChI is InChI=1S/C28H32O5S2/c1-4-27(23-6-5-7-24(20-23)33-19-18-32-17-16-29)28(21-8-12-25(13-9-21)34(2)30)22-10-14-26(15-11-22)35(3)31/h5-15,20,29H,4,16-19H2,1-3H3. The zero-order valence-corrected chi connectivity index (χ0v) is 22.0. The van der Waals surface area contributed by atoms with Crippen LogP contribution in [-0.2, 0) is 27.1 Å². The molecular formula is C28H32O5S2. The molecule has 3 rings (SSSR count). The van der Waals surface area contributed by atoms with Crippen molar-refractivity contribution in [2.75, 3.05) is 38.9 Å². The normalized spacial score (nSPS) is 12.7. The Morgan fingerprint density at radius 1 is 0.771 bits per heavy atom. The van der Waals surface area contributed by atoms with Gasteiger partial charge in [0.2, 0.25) is 0 Å². The van der Waals surface area contributed by atoms with Crippen LogP contribution in [0, 0.1) is 0 Å². The summed E-state index contributed by atoms with van der Waals surface area (Å²) >= 11 is -2.10. The van der Waals surface area contributed by atoms with E-state index in [0.717, 1.165) is 49.8 Å². The first-order chi connectivity index (χ1) is 16.9. The van der Waals surface area contributed by atoms with E-state index in [0.29, 0.717) is 19.8 Å². The topological polar surface area (TPSA) is 84.8 Å². The summed E-state index contributed by atoms with van der Waals surface area (Å²) in [5.74, 6) is 0.744. The smallest absolute Gasteiger partial charge is 0.152 e. The van der Waals surface area contributed by atoms with Gasteiger partial charge in [0, 0.05) is 0 Å². The summed E-state index contributed by atoms with van der Waals surface area (Å²) < 4.78 is 35.0. The van der Waals surface area contributed by atoms with Crippen LogP contribution in [-0.4, -0.2) is 53.2 Å². The second-order valence-corrected chi connectivity index (χ2v) is 10.6. The van der Waals surface area contributed by atoms with Gasteiger partial charge in [-0.15, -0.1) is 0 Å². The number of aliphatic hydroxyl groups is 1. The minimum absolute atomic E-state index is 0.00674. The van der Waals surface area contributed by atoms with Crippen molar-refractivity contribution in [3.05, 3.63) is 89.5 Å². The molecule has 2 unspecified atom stereocenters. The van der Waals surface area contributed by atoms with Crippen molar-refractivity contribution in [2.45, 2.75) is 23.1 Å². The molecule has 0 aliphatic carbocycles. The third kappa shape index (κ3) is 7.61. The lowest BCUT2D eigenvalue weighted by molar-refractivity contribution is 0.0705. The van der Waals surface area contributed by atoms with Gasteiger partial charge in [-0.1, -0.05) is 19.1 Å². The monoisotopic (exact) mass is 512 g/mol. The highest BCUT2D eigenvalue weighted by atomic mass is 32.2. The summed E-state index contributed by atoms with van der Waals surface area (Å²) in [6.07, 6.45) is 4.13. The van der Waals surface area contributed by atoms with Crippen LogP contribution in [0.4, 0.5) is 0 Å². The SMILES string of the molecule is CCC(=C(c1ccc([S+](C)[O-])cc1)c1ccc([S+](C)[O-])cc1)c1cccc(OCCOCCO)c1. The van der Waals surface area contributed by atoms with E-state index in [1.165, 1.54) is 0 Å². The molecule has 0 amide bonds. The van der Waals surface area contributed by atoms with Crippen LogP contribution in [0.15, 0.2) is 82.6 Å². The maximum Gasteiger partial charge on any atom is 0.152 e. The molecular weight excluding hydrogens is 480 g/mol. The number of allylic oxidation sites excluding steroid dienone is 1. The molecule has 0 heterocycles. The highest BCUT2D eigenvalue weighted by molar-refractivity contribution is 7.91. The van der Waals surface area contributed by atoms with Gasteiger partial charge in [-0.25, -0.2) is 0 Å². The van der Waals surface area contributed by atoms with Crippen molar-refractivity contribution >= 4 is 33.5 Å². The first-order valence-corrected chi connectivity index (χ1v) is 14.6. The first kappa shape index (κ1) is 27.3. The average molecular weight is 513 g/mol. The van der Waals surface area contributed by atoms with E-state index in [2.05, 4.69) is 13.0 Å². The second-order valence-electron chi connectivity index (χ2n) is 7.88. The van der Waals surface area contributed by atoms with Crippen LogP contribution >= 0.6 is 0 Å². The molecule has 0 saturated carbocycles. The summed E-state index contributed by atoms with van der Waals surface area (Å²) in [6.45, 7) is 3.21. The van der Waals surface area contributed by atoms with Gasteiger partial charge in [0.15, 0.2) is 9.79 Å². The summed E-state index contributed by atoms with van der Waals surface area (Å²) in [7, 11) is 0. The van der Waals surface area contributed by atoms with E-state index in [-0.39, 0.29) is 6.61 Å². The van der Waals surface area contributed by atoms with E-state index >= 15 is 0 Å². The van der Waals surface area contributed by atoms with Gasteiger partial charge in [0.25, 0.3) is 0 Å². The lowest BCUT2D eigenvalue weighted by Crippen LogP contribution is -2.09. The first-order valence-electron chi connectivity index (χ1n) is 11.5. The fourth-order valence-electron chi connectivity index (χ4n) is 3.83. The number of hydrogen-bond donors (Lipinski definition) is 1. The minimum Gasteiger partial charge on any atom is -0.612 e. The van der Waals surface area contributed by atoms with Gasteiger partial charge in [-0.3, -0.25) is 0 Å². The molecule has 0 radical (unpaired) electrons. The Kier molecular flexibility index (Phi) is 10.7. The predicted octanol–water partition coefficient (Wildman–Crippen LogP) is 4.92. The zero-order valence-electron chi connectivity index (χ0n) is 20.4. The maximum absolute atomic E-state index is 11.9. The Balaban J connectivity index is 2.04. The van der Waals surface area contributed by atoms with Crippen molar-refractivity contribution in [2.24, 2.45) is 0 Å². The quantitative estimate of drug-likeness (QED) is 0.212. The Morgan fingerprint density at radius 3 is 1.83 bits per heavy atom. The number of benzene rings is 3. The van der Waals surface area contributed by atoms with Gasteiger partial charge in [-0.05, 0) is 117 Å². The molecule has 0 bridgehead atoms. The fourth-order valence-corrected chi connectivity index (χ4v) is 4.86. The van der Waals surface area contributed by atoms with Crippen molar-refractivity contribution < 1.29 is 23.7 Å². The van der Waals surface area contributed by atoms with Crippen LogP contribution < -0.4 is 4.74 Å². The third-order valence-electron chi connectivity index (χ3n) is 5.52. The predicted molar refractivity (Wildman–Crippen MR) is 144 cm³/mol. The molecule has 7 heteroatoms. The molecule has 1 N–H and O–H groups in total. The van der Waals surface area contributed by atoms with Crippen LogP contribution in [0.1, 0.15) is 30.0 Å². The van der Waals surface area contributed by atoms with Gasteiger partial charge in [-0.2, -0.15) is 0 Å². The molecule has 0 fully saturated rings. The number of aliphatic hydroxyl groups excluding tert-OH is 1. The summed E-state index contributed by atoms with van der Waals surface area (Å²) in [5.41, 5.74) is 5.29. The van der Waals surface area contributed by atoms with Crippen molar-refractivity contribution in [3.63, 3.8) is 0 Å². The minimum atomic E-state index is -1.05. The van der Waals surface area contributed by atoms with Crippen LogP contribution in [0.3, 0.4) is 0 Å². The van der Waals surface area contributed by atoms with E-state index in [1.807, 2.05) is 66.7 Å². The Morgan fingerprint density at radius 2 is 1.34 bits per heavy atom. The van der Waals surface area contributed by atoms with Gasteiger partial charge >= 0.3 is 0 Å². The largest absolute Gasteiger partial charge is 0.612 e. The van der Waals surface area contributed by atoms with Crippen LogP contribution in [0.25, 0.3) is 11.1 Å². The summed E-state index contributed by atoms with van der Waals surface area (Å²) in [6, 6.07) is 23.6. The number of hydrogen-bond acceptors (Lipinski definition) is 5. The highest BCUT2D eigenvalue weighted by Gasteiger charge is 2.16. The molecule has 5 nitrogen and oxygen atoms in total. The third-order valence-corrected chi connectivity index (χ3v) is 7.39. The molecule has 0 saturated heterocycles. The molecule has 0 aromatic heterocycles. The highest BCUT2D eigenvalue weighted by Crippen LogP contribution is 2.36. The second kappa shape index (κ2) is 13.7. The number of ether oxygens (including phenoxy) is 2. The van der Waals surface area contributed by atoms with Crippen molar-refractivity contribution in [3.8, 4) is 5.75 Å². The van der Waals surface area contributed by atoms with E-state index in [4.69, 9.17) is 14.6 Å². The molecule has 0 aliphatic rings. The molecule has 0 aliphatic heterocycles. The number of rotatable bonds is 12. The Hall–Kier alpha value is -2.26. The maximum atomic E-state index is 11.9. The lowest BCUT2D eigenvalue weighted by Gasteiger charge is -2.18. The fraction of sp³-hybridized carbons (Fsp3) is 0.286. The van der Waals surface area contributed by atoms with Crippen LogP contribution in [0.2, 0.25) is 0 Å². The van der Waals surface area contributed by atoms with Crippen LogP contribution in [0.5, 0.6) is 5.75 Å². The lowest BCUT2D eigenvalue weighted by atomic mass is 9.88. The van der Waals surface area contributed by atoms with Gasteiger partial charge in [0.05, 0.1) is 19.8 Å². The summed E-state index contributed by atoms with van der Waals surface area (Å²) in [4.78, 5) is 1.56. The van der Waals surface area contributed by atoms with E-state index in [9.17, 15) is 9.11 Å². The summed E-state index contributed by atoms with van der Waals surface area (Å²) in [5, 5.41) is 8.83. The van der Waals surface area contributed by atoms with E-state index in [1.54, 1.807) is 12.5 Å². The molecule has 186 valence electrons. The zero-order chi connectivity index (χ0) is 25.2. The molecule has 2 atom stereocenters. The Labute approximate surface area is 214 Å².